The number of piperazine rings is 1. The predicted octanol–water partition coefficient (Wildman–Crippen LogP) is 6.77. The number of amides is 1. The van der Waals surface area contributed by atoms with Crippen molar-refractivity contribution in [3.8, 4) is 16.8 Å². The van der Waals surface area contributed by atoms with Crippen LogP contribution in [0.4, 0.5) is 10.1 Å². The molecular weight excluding hydrogens is 647 g/mol. The molecule has 1 saturated heterocycles. The van der Waals surface area contributed by atoms with E-state index in [4.69, 9.17) is 16.0 Å². The molecule has 2 aliphatic heterocycles. The molecule has 5 aromatic rings. The number of hydrogen-bond acceptors (Lipinski definition) is 7. The van der Waals surface area contributed by atoms with E-state index in [1.807, 2.05) is 34.6 Å². The summed E-state index contributed by atoms with van der Waals surface area (Å²) >= 11 is 7.09. The maximum atomic E-state index is 17.9. The maximum Gasteiger partial charge on any atom is 0.417 e. The molecule has 0 radical (unpaired) electrons. The van der Waals surface area contributed by atoms with Gasteiger partial charge >= 0.3 is 5.76 Å². The van der Waals surface area contributed by atoms with Gasteiger partial charge in [0.05, 0.1) is 38.8 Å². The number of aromatic nitrogens is 4. The number of benzene rings is 2. The summed E-state index contributed by atoms with van der Waals surface area (Å²) < 4.78 is 24.9. The van der Waals surface area contributed by atoms with Crippen LogP contribution in [-0.4, -0.2) is 55.5 Å². The minimum Gasteiger partial charge on any atom is -0.407 e. The van der Waals surface area contributed by atoms with Crippen molar-refractivity contribution in [1.29, 1.82) is 0 Å². The smallest absolute Gasteiger partial charge is 0.407 e. The molecule has 7 rings (SSSR count). The van der Waals surface area contributed by atoms with Gasteiger partial charge in [-0.05, 0) is 62.3 Å². The summed E-state index contributed by atoms with van der Waals surface area (Å²) in [4.78, 5) is 56.0. The molecule has 2 aromatic carbocycles. The molecule has 1 N–H and O–H groups in total. The molecule has 2 aliphatic rings. The van der Waals surface area contributed by atoms with E-state index in [1.54, 1.807) is 30.0 Å². The van der Waals surface area contributed by atoms with Gasteiger partial charge in [-0.15, -0.1) is 0 Å². The third-order valence-corrected chi connectivity index (χ3v) is 10.3. The Labute approximate surface area is 287 Å². The van der Waals surface area contributed by atoms with Crippen molar-refractivity contribution < 1.29 is 13.6 Å². The molecule has 0 aliphatic carbocycles. The molecule has 0 spiro atoms. The van der Waals surface area contributed by atoms with Crippen LogP contribution in [0.5, 0.6) is 0 Å². The Bertz CT molecular complexity index is 2300. The standard InChI is InChI=1S/C37H38ClFN6O4/c1-8-26(46)43-15-21-10-11-22-32(44(21)14-20(43)7)23-13-24(38)28(27-19(6)9-12-25-35(27)49-37(48)42-25)29(39)33(23)45(36(22)47)34-30(17(2)3)40-16-41-31(34)18(4)5/h8-9,12-13,16-18,20-21H,1,10-11,14-15H2,2-7H3,(H,42,48). The number of H-pyrrole nitrogens is 1. The van der Waals surface area contributed by atoms with E-state index in [1.165, 1.54) is 17.0 Å². The second kappa shape index (κ2) is 12.0. The van der Waals surface area contributed by atoms with E-state index in [0.717, 1.165) is 0 Å². The number of nitrogens with one attached hydrogen (secondary N) is 1. The number of fused-ring (bicyclic) bond motifs is 6. The van der Waals surface area contributed by atoms with Gasteiger partial charge in [0.2, 0.25) is 5.91 Å². The Balaban J connectivity index is 1.64. The number of nitrogens with zero attached hydrogens (tertiary/aromatic N) is 5. The molecule has 0 bridgehead atoms. The van der Waals surface area contributed by atoms with Crippen LogP contribution in [0, 0.1) is 12.7 Å². The zero-order chi connectivity index (χ0) is 35.0. The molecule has 254 valence electrons. The zero-order valence-electron chi connectivity index (χ0n) is 28.4. The highest BCUT2D eigenvalue weighted by Crippen LogP contribution is 2.46. The molecule has 0 saturated carbocycles. The molecule has 2 unspecified atom stereocenters. The van der Waals surface area contributed by atoms with E-state index in [0.29, 0.717) is 76.3 Å². The van der Waals surface area contributed by atoms with Crippen LogP contribution >= 0.6 is 11.6 Å². The Morgan fingerprint density at radius 2 is 1.80 bits per heavy atom. The number of halogens is 2. The minimum atomic E-state index is -0.731. The van der Waals surface area contributed by atoms with Crippen molar-refractivity contribution in [1.82, 2.24) is 24.4 Å². The van der Waals surface area contributed by atoms with Crippen LogP contribution in [0.1, 0.15) is 75.4 Å². The van der Waals surface area contributed by atoms with Crippen LogP contribution in [0.2, 0.25) is 5.02 Å². The summed E-state index contributed by atoms with van der Waals surface area (Å²) in [6.45, 7) is 16.2. The first-order valence-corrected chi connectivity index (χ1v) is 17.0. The lowest BCUT2D eigenvalue weighted by molar-refractivity contribution is -0.129. The number of hydrogen-bond donors (Lipinski definition) is 1. The topological polar surface area (TPSA) is 117 Å². The van der Waals surface area contributed by atoms with Gasteiger partial charge in [-0.3, -0.25) is 19.1 Å². The molecule has 5 heterocycles. The molecule has 3 aromatic heterocycles. The molecule has 10 nitrogen and oxygen atoms in total. The average molecular weight is 685 g/mol. The van der Waals surface area contributed by atoms with Gasteiger partial charge < -0.3 is 14.2 Å². The lowest BCUT2D eigenvalue weighted by atomic mass is 9.89. The van der Waals surface area contributed by atoms with E-state index >= 15 is 9.18 Å². The molecule has 1 amide bonds. The lowest BCUT2D eigenvalue weighted by Crippen LogP contribution is -2.60. The van der Waals surface area contributed by atoms with Gasteiger partial charge in [-0.1, -0.05) is 51.9 Å². The third-order valence-electron chi connectivity index (χ3n) is 9.98. The first-order chi connectivity index (χ1) is 23.3. The van der Waals surface area contributed by atoms with E-state index in [2.05, 4.69) is 26.4 Å². The van der Waals surface area contributed by atoms with E-state index in [-0.39, 0.29) is 57.1 Å². The van der Waals surface area contributed by atoms with Gasteiger partial charge in [0, 0.05) is 47.2 Å². The lowest BCUT2D eigenvalue weighted by Gasteiger charge is -2.49. The Hall–Kier alpha value is -4.77. The van der Waals surface area contributed by atoms with Crippen LogP contribution in [-0.2, 0) is 11.2 Å². The third kappa shape index (κ3) is 5.00. The van der Waals surface area contributed by atoms with Crippen LogP contribution < -0.4 is 16.2 Å². The maximum absolute atomic E-state index is 17.9. The zero-order valence-corrected chi connectivity index (χ0v) is 29.1. The van der Waals surface area contributed by atoms with Gasteiger partial charge in [-0.2, -0.15) is 0 Å². The number of carbonyl (C=O) groups is 1. The van der Waals surface area contributed by atoms with Crippen molar-refractivity contribution in [2.75, 3.05) is 18.0 Å². The van der Waals surface area contributed by atoms with E-state index in [9.17, 15) is 9.59 Å². The molecule has 2 atom stereocenters. The fourth-order valence-corrected chi connectivity index (χ4v) is 7.99. The SMILES string of the molecule is C=CC(=O)N1CC2CCc3c(c4cc(Cl)c(-c5c(C)ccc6[nH]c(=O)oc56)c(F)c4n(-c4c(C(C)C)ncnc4C(C)C)c3=O)N2CC1C. The van der Waals surface area contributed by atoms with Gasteiger partial charge in [-0.25, -0.2) is 19.2 Å². The van der Waals surface area contributed by atoms with Gasteiger partial charge in [0.25, 0.3) is 5.56 Å². The fraction of sp³-hybridized carbons (Fsp3) is 0.378. The number of anilines is 1. The average Bonchev–Trinajstić information content (AvgIpc) is 3.45. The minimum absolute atomic E-state index is 0.0179. The number of oxazole rings is 1. The summed E-state index contributed by atoms with van der Waals surface area (Å²) in [5.74, 6) is -1.79. The summed E-state index contributed by atoms with van der Waals surface area (Å²) in [6, 6.07) is 4.88. The summed E-state index contributed by atoms with van der Waals surface area (Å²) in [7, 11) is 0. The van der Waals surface area contributed by atoms with Crippen LogP contribution in [0.3, 0.4) is 0 Å². The number of pyridine rings is 1. The Morgan fingerprint density at radius 3 is 2.45 bits per heavy atom. The summed E-state index contributed by atoms with van der Waals surface area (Å²) in [5, 5.41) is 0.569. The first-order valence-electron chi connectivity index (χ1n) is 16.6. The predicted molar refractivity (Wildman–Crippen MR) is 190 cm³/mol. The summed E-state index contributed by atoms with van der Waals surface area (Å²) in [6.07, 6.45) is 3.87. The molecule has 12 heteroatoms. The molecule has 1 fully saturated rings. The van der Waals surface area contributed by atoms with Gasteiger partial charge in [0.15, 0.2) is 11.4 Å². The van der Waals surface area contributed by atoms with Crippen molar-refractivity contribution >= 4 is 45.2 Å². The van der Waals surface area contributed by atoms with Crippen LogP contribution in [0.25, 0.3) is 38.8 Å². The highest BCUT2D eigenvalue weighted by Gasteiger charge is 2.40. The number of rotatable bonds is 5. The van der Waals surface area contributed by atoms with Crippen molar-refractivity contribution in [3.63, 3.8) is 0 Å². The second-order valence-electron chi connectivity index (χ2n) is 13.8. The fourth-order valence-electron chi connectivity index (χ4n) is 7.70. The Kier molecular flexibility index (Phi) is 8.01. The van der Waals surface area contributed by atoms with Crippen LogP contribution in [0.15, 0.2) is 51.2 Å². The van der Waals surface area contributed by atoms with Crippen molar-refractivity contribution in [2.45, 2.75) is 78.3 Å². The largest absolute Gasteiger partial charge is 0.417 e. The van der Waals surface area contributed by atoms with Crippen molar-refractivity contribution in [3.05, 3.63) is 91.4 Å². The number of carbonyl (C=O) groups excluding carboxylic acids is 1. The molecule has 49 heavy (non-hydrogen) atoms. The highest BCUT2D eigenvalue weighted by atomic mass is 35.5. The normalized spacial score (nSPS) is 17.7. The second-order valence-corrected chi connectivity index (χ2v) is 14.2. The highest BCUT2D eigenvalue weighted by molar-refractivity contribution is 6.35. The first kappa shape index (κ1) is 32.8. The van der Waals surface area contributed by atoms with Crippen molar-refractivity contribution in [2.24, 2.45) is 0 Å². The quantitative estimate of drug-likeness (QED) is 0.203. The number of aromatic amines is 1. The molecular formula is C37H38ClFN6O4. The Morgan fingerprint density at radius 1 is 1.10 bits per heavy atom. The monoisotopic (exact) mass is 684 g/mol. The number of aryl methyl sites for hydroxylation is 1. The van der Waals surface area contributed by atoms with E-state index < -0.39 is 11.6 Å². The summed E-state index contributed by atoms with van der Waals surface area (Å²) in [5.41, 5.74) is 4.07. The van der Waals surface area contributed by atoms with Gasteiger partial charge in [0.1, 0.15) is 6.33 Å².